The number of tetrazole rings is 1. The molecule has 110 valence electrons. The Morgan fingerprint density at radius 3 is 3.23 bits per heavy atom. The average Bonchev–Trinajstić information content (AvgIpc) is 3.13. The number of hydrogen-bond acceptors (Lipinski definition) is 6. The first-order chi connectivity index (χ1) is 10.7. The van der Waals surface area contributed by atoms with Gasteiger partial charge < -0.3 is 10.6 Å². The van der Waals surface area contributed by atoms with Gasteiger partial charge in [0.05, 0.1) is 23.8 Å². The SMILES string of the molecule is CC1=C(C(=O)Nc2ccc3[nH]ncc3c2)Cn2nnnc2N1. The Balaban J connectivity index is 1.59. The van der Waals surface area contributed by atoms with Gasteiger partial charge in [0.2, 0.25) is 5.95 Å². The first-order valence-corrected chi connectivity index (χ1v) is 6.68. The first-order valence-electron chi connectivity index (χ1n) is 6.68. The van der Waals surface area contributed by atoms with Crippen molar-refractivity contribution >= 4 is 28.4 Å². The van der Waals surface area contributed by atoms with Crippen LogP contribution in [0.3, 0.4) is 0 Å². The van der Waals surface area contributed by atoms with Gasteiger partial charge in [-0.2, -0.15) is 5.10 Å². The number of nitrogens with zero attached hydrogens (tertiary/aromatic N) is 5. The monoisotopic (exact) mass is 296 g/mol. The number of anilines is 2. The van der Waals surface area contributed by atoms with E-state index in [0.29, 0.717) is 23.8 Å². The van der Waals surface area contributed by atoms with E-state index in [9.17, 15) is 4.79 Å². The van der Waals surface area contributed by atoms with Crippen molar-refractivity contribution in [2.45, 2.75) is 13.5 Å². The molecule has 1 aliphatic heterocycles. The predicted molar refractivity (Wildman–Crippen MR) is 78.9 cm³/mol. The van der Waals surface area contributed by atoms with E-state index in [-0.39, 0.29) is 5.91 Å². The molecule has 3 N–H and O–H groups in total. The van der Waals surface area contributed by atoms with Gasteiger partial charge in [-0.1, -0.05) is 5.10 Å². The number of benzene rings is 1. The highest BCUT2D eigenvalue weighted by atomic mass is 16.1. The Morgan fingerprint density at radius 1 is 1.41 bits per heavy atom. The number of carbonyl (C=O) groups excluding carboxylic acids is 1. The molecule has 0 atom stereocenters. The summed E-state index contributed by atoms with van der Waals surface area (Å²) in [5, 5.41) is 24.9. The largest absolute Gasteiger partial charge is 0.326 e. The summed E-state index contributed by atoms with van der Waals surface area (Å²) in [7, 11) is 0. The van der Waals surface area contributed by atoms with Crippen LogP contribution in [-0.2, 0) is 11.3 Å². The number of aromatic nitrogens is 6. The van der Waals surface area contributed by atoms with E-state index in [1.807, 2.05) is 25.1 Å². The standard InChI is InChI=1S/C13H12N8O/c1-7-10(6-21-13(15-7)18-19-20-21)12(22)16-9-2-3-11-8(4-9)5-14-17-11/h2-5H,6H2,1H3,(H,14,17)(H,16,22)(H,15,18,20). The third kappa shape index (κ3) is 1.99. The molecule has 1 aromatic carbocycles. The molecule has 3 heterocycles. The molecule has 9 heteroatoms. The maximum atomic E-state index is 12.5. The Hall–Kier alpha value is -3.23. The molecule has 22 heavy (non-hydrogen) atoms. The molecule has 1 aliphatic rings. The van der Waals surface area contributed by atoms with Crippen LogP contribution in [0, 0.1) is 0 Å². The molecule has 0 unspecified atom stereocenters. The van der Waals surface area contributed by atoms with Gasteiger partial charge in [-0.15, -0.1) is 0 Å². The van der Waals surface area contributed by atoms with Crippen LogP contribution in [0.1, 0.15) is 6.92 Å². The topological polar surface area (TPSA) is 113 Å². The van der Waals surface area contributed by atoms with Crippen molar-refractivity contribution in [2.24, 2.45) is 0 Å². The Labute approximate surface area is 124 Å². The zero-order valence-corrected chi connectivity index (χ0v) is 11.7. The number of H-pyrrole nitrogens is 1. The molecule has 3 aromatic rings. The smallest absolute Gasteiger partial charge is 0.255 e. The molecule has 0 spiro atoms. The van der Waals surface area contributed by atoms with Crippen LogP contribution in [-0.4, -0.2) is 36.3 Å². The molecule has 0 aliphatic carbocycles. The fraction of sp³-hybridized carbons (Fsp3) is 0.154. The quantitative estimate of drug-likeness (QED) is 0.647. The normalized spacial score (nSPS) is 13.9. The van der Waals surface area contributed by atoms with Crippen LogP contribution in [0.2, 0.25) is 0 Å². The molecular formula is C13H12N8O. The highest BCUT2D eigenvalue weighted by Crippen LogP contribution is 2.21. The van der Waals surface area contributed by atoms with E-state index in [1.165, 1.54) is 0 Å². The third-order valence-corrected chi connectivity index (χ3v) is 3.56. The molecular weight excluding hydrogens is 284 g/mol. The van der Waals surface area contributed by atoms with Crippen LogP contribution in [0.15, 0.2) is 35.7 Å². The molecule has 0 fully saturated rings. The van der Waals surface area contributed by atoms with Gasteiger partial charge in [0.15, 0.2) is 0 Å². The van der Waals surface area contributed by atoms with Crippen LogP contribution in [0.4, 0.5) is 11.6 Å². The average molecular weight is 296 g/mol. The van der Waals surface area contributed by atoms with E-state index in [4.69, 9.17) is 0 Å². The van der Waals surface area contributed by atoms with Crippen molar-refractivity contribution in [3.63, 3.8) is 0 Å². The van der Waals surface area contributed by atoms with Crippen LogP contribution in [0.5, 0.6) is 0 Å². The number of fused-ring (bicyclic) bond motifs is 2. The van der Waals surface area contributed by atoms with Gasteiger partial charge >= 0.3 is 0 Å². The van der Waals surface area contributed by atoms with Crippen molar-refractivity contribution in [2.75, 3.05) is 10.6 Å². The summed E-state index contributed by atoms with van der Waals surface area (Å²) in [4.78, 5) is 12.5. The second-order valence-corrected chi connectivity index (χ2v) is 5.01. The lowest BCUT2D eigenvalue weighted by Gasteiger charge is -2.18. The van der Waals surface area contributed by atoms with E-state index in [1.54, 1.807) is 10.9 Å². The number of rotatable bonds is 2. The fourth-order valence-corrected chi connectivity index (χ4v) is 2.38. The minimum Gasteiger partial charge on any atom is -0.326 e. The van der Waals surface area contributed by atoms with Gasteiger partial charge in [0.25, 0.3) is 5.91 Å². The summed E-state index contributed by atoms with van der Waals surface area (Å²) in [6.45, 7) is 2.16. The number of carbonyl (C=O) groups is 1. The zero-order chi connectivity index (χ0) is 15.1. The highest BCUT2D eigenvalue weighted by molar-refractivity contribution is 6.05. The molecule has 4 rings (SSSR count). The highest BCUT2D eigenvalue weighted by Gasteiger charge is 2.22. The second kappa shape index (κ2) is 4.65. The third-order valence-electron chi connectivity index (χ3n) is 3.56. The van der Waals surface area contributed by atoms with E-state index in [2.05, 4.69) is 36.4 Å². The van der Waals surface area contributed by atoms with Crippen molar-refractivity contribution in [3.05, 3.63) is 35.7 Å². The predicted octanol–water partition coefficient (Wildman–Crippen LogP) is 0.888. The lowest BCUT2D eigenvalue weighted by Crippen LogP contribution is -2.26. The molecule has 9 nitrogen and oxygen atoms in total. The summed E-state index contributed by atoms with van der Waals surface area (Å²) >= 11 is 0. The van der Waals surface area contributed by atoms with E-state index >= 15 is 0 Å². The van der Waals surface area contributed by atoms with Gasteiger partial charge in [0.1, 0.15) is 0 Å². The number of nitrogens with one attached hydrogen (secondary N) is 3. The Kier molecular flexibility index (Phi) is 2.65. The van der Waals surface area contributed by atoms with Gasteiger partial charge in [-0.3, -0.25) is 9.89 Å². The summed E-state index contributed by atoms with van der Waals surface area (Å²) in [6.07, 6.45) is 1.71. The van der Waals surface area contributed by atoms with E-state index in [0.717, 1.165) is 16.6 Å². The molecule has 1 amide bonds. The molecule has 0 radical (unpaired) electrons. The first kappa shape index (κ1) is 12.5. The molecule has 0 saturated carbocycles. The molecule has 2 aromatic heterocycles. The minimum absolute atomic E-state index is 0.186. The van der Waals surface area contributed by atoms with Crippen molar-refractivity contribution in [1.29, 1.82) is 0 Å². The van der Waals surface area contributed by atoms with Crippen LogP contribution >= 0.6 is 0 Å². The lowest BCUT2D eigenvalue weighted by atomic mass is 10.1. The zero-order valence-electron chi connectivity index (χ0n) is 11.7. The fourth-order valence-electron chi connectivity index (χ4n) is 2.38. The summed E-state index contributed by atoms with van der Waals surface area (Å²) in [6, 6.07) is 5.57. The minimum atomic E-state index is -0.186. The molecule has 0 bridgehead atoms. The van der Waals surface area contributed by atoms with Crippen LogP contribution < -0.4 is 10.6 Å². The van der Waals surface area contributed by atoms with E-state index < -0.39 is 0 Å². The van der Waals surface area contributed by atoms with Crippen LogP contribution in [0.25, 0.3) is 10.9 Å². The van der Waals surface area contributed by atoms with Crippen molar-refractivity contribution in [3.8, 4) is 0 Å². The summed E-state index contributed by atoms with van der Waals surface area (Å²) in [5.74, 6) is 0.350. The summed E-state index contributed by atoms with van der Waals surface area (Å²) < 4.78 is 1.54. The molecule has 0 saturated heterocycles. The maximum absolute atomic E-state index is 12.5. The maximum Gasteiger partial charge on any atom is 0.255 e. The van der Waals surface area contributed by atoms with Crippen molar-refractivity contribution < 1.29 is 4.79 Å². The number of hydrogen-bond donors (Lipinski definition) is 3. The lowest BCUT2D eigenvalue weighted by molar-refractivity contribution is -0.113. The number of allylic oxidation sites excluding steroid dienone is 1. The van der Waals surface area contributed by atoms with Crippen molar-refractivity contribution in [1.82, 2.24) is 30.4 Å². The van der Waals surface area contributed by atoms with Gasteiger partial charge in [-0.25, -0.2) is 4.68 Å². The summed E-state index contributed by atoms with van der Waals surface area (Å²) in [5.41, 5.74) is 2.96. The second-order valence-electron chi connectivity index (χ2n) is 5.01. The Bertz CT molecular complexity index is 906. The van der Waals surface area contributed by atoms with Gasteiger partial charge in [-0.05, 0) is 35.5 Å². The van der Waals surface area contributed by atoms with Gasteiger partial charge in [0, 0.05) is 16.8 Å². The number of aromatic amines is 1. The number of amides is 1. The Morgan fingerprint density at radius 2 is 2.32 bits per heavy atom.